The first kappa shape index (κ1) is 12.6. The van der Waals surface area contributed by atoms with Crippen LogP contribution in [0.4, 0.5) is 0 Å². The van der Waals surface area contributed by atoms with Crippen LogP contribution in [0.2, 0.25) is 5.02 Å². The van der Waals surface area contributed by atoms with E-state index in [4.69, 9.17) is 11.6 Å². The molecule has 0 radical (unpaired) electrons. The van der Waals surface area contributed by atoms with Gasteiger partial charge in [0.15, 0.2) is 5.69 Å². The number of carbonyl (C=O) groups is 1. The third-order valence-corrected chi connectivity index (χ3v) is 3.35. The number of pyridine rings is 1. The quantitative estimate of drug-likeness (QED) is 0.777. The maximum Gasteiger partial charge on any atom is 0.272 e. The van der Waals surface area contributed by atoms with Crippen molar-refractivity contribution in [3.63, 3.8) is 0 Å². The number of H-pyrrole nitrogens is 1. The zero-order valence-electron chi connectivity index (χ0n) is 10.4. The topological polar surface area (TPSA) is 70.7 Å². The molecule has 2 aromatic heterocycles. The number of hydrogen-bond donors (Lipinski definition) is 2. The first-order chi connectivity index (χ1) is 9.75. The molecule has 20 heavy (non-hydrogen) atoms. The van der Waals surface area contributed by atoms with E-state index in [9.17, 15) is 4.79 Å². The Morgan fingerprint density at radius 1 is 1.30 bits per heavy atom. The van der Waals surface area contributed by atoms with Crippen molar-refractivity contribution >= 4 is 28.4 Å². The summed E-state index contributed by atoms with van der Waals surface area (Å²) in [7, 11) is 0. The molecule has 1 aromatic carbocycles. The number of halogens is 1. The highest BCUT2D eigenvalue weighted by atomic mass is 35.5. The zero-order valence-corrected chi connectivity index (χ0v) is 11.2. The average Bonchev–Trinajstić information content (AvgIpc) is 2.90. The summed E-state index contributed by atoms with van der Waals surface area (Å²) >= 11 is 6.04. The highest BCUT2D eigenvalue weighted by Crippen LogP contribution is 2.16. The number of nitrogens with one attached hydrogen (secondary N) is 2. The minimum absolute atomic E-state index is 0.260. The number of aromatic nitrogens is 3. The molecule has 0 aliphatic carbocycles. The zero-order chi connectivity index (χ0) is 13.9. The fourth-order valence-corrected chi connectivity index (χ4v) is 2.13. The van der Waals surface area contributed by atoms with Gasteiger partial charge in [0, 0.05) is 24.0 Å². The monoisotopic (exact) mass is 286 g/mol. The normalized spacial score (nSPS) is 10.7. The van der Waals surface area contributed by atoms with Crippen LogP contribution in [0, 0.1) is 0 Å². The van der Waals surface area contributed by atoms with Gasteiger partial charge in [0.25, 0.3) is 5.91 Å². The molecule has 0 bridgehead atoms. The van der Waals surface area contributed by atoms with Gasteiger partial charge in [-0.15, -0.1) is 0 Å². The number of hydrogen-bond acceptors (Lipinski definition) is 3. The Hall–Kier alpha value is -2.40. The first-order valence-corrected chi connectivity index (χ1v) is 6.43. The molecule has 5 nitrogen and oxygen atoms in total. The summed E-state index contributed by atoms with van der Waals surface area (Å²) in [6, 6.07) is 9.15. The van der Waals surface area contributed by atoms with Crippen molar-refractivity contribution in [3.8, 4) is 0 Å². The fourth-order valence-electron chi connectivity index (χ4n) is 1.93. The molecule has 0 saturated carbocycles. The van der Waals surface area contributed by atoms with Crippen molar-refractivity contribution in [3.05, 3.63) is 59.0 Å². The minimum Gasteiger partial charge on any atom is -0.346 e. The van der Waals surface area contributed by atoms with Crippen LogP contribution in [0.3, 0.4) is 0 Å². The number of fused-ring (bicyclic) bond motifs is 1. The molecule has 0 saturated heterocycles. The second-order valence-electron chi connectivity index (χ2n) is 4.27. The molecular formula is C14H11ClN4O. The third kappa shape index (κ3) is 2.35. The summed E-state index contributed by atoms with van der Waals surface area (Å²) in [5.74, 6) is -0.260. The Bertz CT molecular complexity index is 768. The molecule has 1 amide bonds. The molecule has 0 aliphatic heterocycles. The van der Waals surface area contributed by atoms with Crippen LogP contribution in [0.25, 0.3) is 10.9 Å². The van der Waals surface area contributed by atoms with E-state index in [1.807, 2.05) is 18.2 Å². The Morgan fingerprint density at radius 2 is 2.15 bits per heavy atom. The highest BCUT2D eigenvalue weighted by Gasteiger charge is 2.14. The fraction of sp³-hybridized carbons (Fsp3) is 0.0714. The maximum atomic E-state index is 12.1. The molecule has 3 rings (SSSR count). The molecule has 0 aliphatic rings. The number of carbonyl (C=O) groups excluding carboxylic acids is 1. The lowest BCUT2D eigenvalue weighted by molar-refractivity contribution is 0.0947. The lowest BCUT2D eigenvalue weighted by atomic mass is 10.2. The van der Waals surface area contributed by atoms with E-state index in [0.717, 1.165) is 11.1 Å². The van der Waals surface area contributed by atoms with Gasteiger partial charge in [-0.25, -0.2) is 0 Å². The number of aromatic amines is 1. The van der Waals surface area contributed by atoms with E-state index in [-0.39, 0.29) is 5.91 Å². The van der Waals surface area contributed by atoms with E-state index in [1.165, 1.54) is 0 Å². The standard InChI is InChI=1S/C14H11ClN4O/c15-11-4-2-1-3-9(11)7-17-14(20)13-10-8-16-6-5-12(10)18-19-13/h1-6,8H,7H2,(H,17,20)(H,18,19). The molecule has 6 heteroatoms. The van der Waals surface area contributed by atoms with Crippen LogP contribution in [0.5, 0.6) is 0 Å². The van der Waals surface area contributed by atoms with Crippen LogP contribution in [0.1, 0.15) is 16.1 Å². The summed E-state index contributed by atoms with van der Waals surface area (Å²) < 4.78 is 0. The summed E-state index contributed by atoms with van der Waals surface area (Å²) in [5.41, 5.74) is 1.98. The molecule has 0 spiro atoms. The van der Waals surface area contributed by atoms with E-state index in [0.29, 0.717) is 22.6 Å². The highest BCUT2D eigenvalue weighted by molar-refractivity contribution is 6.31. The SMILES string of the molecule is O=C(NCc1ccccc1Cl)c1n[nH]c2ccncc12. The van der Waals surface area contributed by atoms with Crippen molar-refractivity contribution in [1.29, 1.82) is 0 Å². The van der Waals surface area contributed by atoms with Gasteiger partial charge in [0.2, 0.25) is 0 Å². The molecule has 0 fully saturated rings. The Balaban J connectivity index is 1.79. The van der Waals surface area contributed by atoms with Gasteiger partial charge in [-0.05, 0) is 17.7 Å². The second kappa shape index (κ2) is 5.30. The summed E-state index contributed by atoms with van der Waals surface area (Å²) in [5, 5.41) is 10.9. The number of rotatable bonds is 3. The number of nitrogens with zero attached hydrogens (tertiary/aromatic N) is 2. The number of amides is 1. The summed E-state index contributed by atoms with van der Waals surface area (Å²) in [6.07, 6.45) is 3.26. The largest absolute Gasteiger partial charge is 0.346 e. The van der Waals surface area contributed by atoms with Gasteiger partial charge >= 0.3 is 0 Å². The van der Waals surface area contributed by atoms with Crippen molar-refractivity contribution in [2.75, 3.05) is 0 Å². The smallest absolute Gasteiger partial charge is 0.272 e. The van der Waals surface area contributed by atoms with Gasteiger partial charge < -0.3 is 5.32 Å². The Kier molecular flexibility index (Phi) is 3.35. The van der Waals surface area contributed by atoms with Crippen molar-refractivity contribution < 1.29 is 4.79 Å². The predicted octanol–water partition coefficient (Wildman–Crippen LogP) is 2.54. The second-order valence-corrected chi connectivity index (χ2v) is 4.67. The minimum atomic E-state index is -0.260. The van der Waals surface area contributed by atoms with Crippen LogP contribution in [-0.2, 0) is 6.54 Å². The lowest BCUT2D eigenvalue weighted by Crippen LogP contribution is -2.23. The van der Waals surface area contributed by atoms with Crippen LogP contribution < -0.4 is 5.32 Å². The van der Waals surface area contributed by atoms with E-state index in [2.05, 4.69) is 20.5 Å². The molecule has 2 heterocycles. The molecular weight excluding hydrogens is 276 g/mol. The third-order valence-electron chi connectivity index (χ3n) is 2.98. The van der Waals surface area contributed by atoms with Gasteiger partial charge in [0.1, 0.15) is 0 Å². The van der Waals surface area contributed by atoms with Crippen molar-refractivity contribution in [2.24, 2.45) is 0 Å². The van der Waals surface area contributed by atoms with E-state index >= 15 is 0 Å². The molecule has 0 atom stereocenters. The van der Waals surface area contributed by atoms with Gasteiger partial charge in [-0.2, -0.15) is 5.10 Å². The first-order valence-electron chi connectivity index (χ1n) is 6.05. The van der Waals surface area contributed by atoms with Crippen molar-refractivity contribution in [1.82, 2.24) is 20.5 Å². The van der Waals surface area contributed by atoms with Crippen LogP contribution in [0.15, 0.2) is 42.7 Å². The van der Waals surface area contributed by atoms with Gasteiger partial charge in [-0.3, -0.25) is 14.9 Å². The molecule has 3 aromatic rings. The van der Waals surface area contributed by atoms with Gasteiger partial charge in [0.05, 0.1) is 10.9 Å². The van der Waals surface area contributed by atoms with Gasteiger partial charge in [-0.1, -0.05) is 29.8 Å². The summed E-state index contributed by atoms with van der Waals surface area (Å²) in [4.78, 5) is 16.1. The van der Waals surface area contributed by atoms with E-state index < -0.39 is 0 Å². The molecule has 0 unspecified atom stereocenters. The lowest BCUT2D eigenvalue weighted by Gasteiger charge is -2.05. The predicted molar refractivity (Wildman–Crippen MR) is 76.5 cm³/mol. The molecule has 100 valence electrons. The average molecular weight is 287 g/mol. The Morgan fingerprint density at radius 3 is 3.00 bits per heavy atom. The van der Waals surface area contributed by atoms with E-state index in [1.54, 1.807) is 24.5 Å². The Labute approximate surface area is 120 Å². The maximum absolute atomic E-state index is 12.1. The summed E-state index contributed by atoms with van der Waals surface area (Å²) in [6.45, 7) is 0.354. The number of benzene rings is 1. The van der Waals surface area contributed by atoms with Crippen LogP contribution in [-0.4, -0.2) is 21.1 Å². The van der Waals surface area contributed by atoms with Crippen molar-refractivity contribution in [2.45, 2.75) is 6.54 Å². The van der Waals surface area contributed by atoms with Crippen LogP contribution >= 0.6 is 11.6 Å². The molecule has 2 N–H and O–H groups in total.